The molecule has 0 atom stereocenters. The number of nitrogens with zero attached hydrogens (tertiary/aromatic N) is 4. The fourth-order valence-corrected chi connectivity index (χ4v) is 2.91. The van der Waals surface area contributed by atoms with Crippen molar-refractivity contribution in [1.29, 1.82) is 0 Å². The highest BCUT2D eigenvalue weighted by atomic mass is 32.1. The largest absolute Gasteiger partial charge is 0.378 e. The van der Waals surface area contributed by atoms with Crippen molar-refractivity contribution >= 4 is 28.1 Å². The number of aryl methyl sites for hydroxylation is 1. The highest BCUT2D eigenvalue weighted by molar-refractivity contribution is 7.15. The zero-order chi connectivity index (χ0) is 14.3. The Labute approximate surface area is 119 Å². The van der Waals surface area contributed by atoms with Gasteiger partial charge in [-0.15, -0.1) is 5.10 Å². The minimum Gasteiger partial charge on any atom is -0.378 e. The fourth-order valence-electron chi connectivity index (χ4n) is 1.95. The van der Waals surface area contributed by atoms with Crippen LogP contribution in [0.5, 0.6) is 0 Å². The van der Waals surface area contributed by atoms with Gasteiger partial charge in [-0.05, 0) is 30.7 Å². The van der Waals surface area contributed by atoms with Crippen molar-refractivity contribution in [3.8, 4) is 0 Å². The van der Waals surface area contributed by atoms with Crippen LogP contribution in [0.4, 0.5) is 5.69 Å². The van der Waals surface area contributed by atoms with Crippen molar-refractivity contribution in [2.75, 3.05) is 19.0 Å². The molecule has 3 aromatic rings. The van der Waals surface area contributed by atoms with E-state index in [2.05, 4.69) is 10.1 Å². The van der Waals surface area contributed by atoms with Crippen LogP contribution >= 0.6 is 11.3 Å². The van der Waals surface area contributed by atoms with Gasteiger partial charge in [-0.2, -0.15) is 4.52 Å². The van der Waals surface area contributed by atoms with Crippen molar-refractivity contribution < 1.29 is 0 Å². The van der Waals surface area contributed by atoms with Crippen LogP contribution in [0.2, 0.25) is 0 Å². The third-order valence-electron chi connectivity index (χ3n) is 3.00. The molecule has 0 spiro atoms. The predicted octanol–water partition coefficient (Wildman–Crippen LogP) is 1.07. The first-order valence-corrected chi connectivity index (χ1v) is 7.01. The van der Waals surface area contributed by atoms with Crippen molar-refractivity contribution in [3.63, 3.8) is 0 Å². The minimum atomic E-state index is -0.109. The maximum Gasteiger partial charge on any atom is 0.291 e. The normalized spacial score (nSPS) is 12.2. The Kier molecular flexibility index (Phi) is 3.02. The van der Waals surface area contributed by atoms with Gasteiger partial charge in [0.1, 0.15) is 5.82 Å². The first kappa shape index (κ1) is 12.8. The second kappa shape index (κ2) is 4.72. The molecule has 0 amide bonds. The lowest BCUT2D eigenvalue weighted by molar-refractivity contribution is 0.904. The molecular weight excluding hydrogens is 272 g/mol. The van der Waals surface area contributed by atoms with Crippen molar-refractivity contribution in [2.45, 2.75) is 6.92 Å². The minimum absolute atomic E-state index is 0.109. The monoisotopic (exact) mass is 286 g/mol. The second-order valence-electron chi connectivity index (χ2n) is 4.76. The smallest absolute Gasteiger partial charge is 0.291 e. The van der Waals surface area contributed by atoms with Gasteiger partial charge < -0.3 is 4.90 Å². The molecule has 0 aliphatic rings. The molecule has 0 unspecified atom stereocenters. The van der Waals surface area contributed by atoms with E-state index in [0.29, 0.717) is 15.3 Å². The molecule has 5 nitrogen and oxygen atoms in total. The summed E-state index contributed by atoms with van der Waals surface area (Å²) in [6.07, 6.45) is 1.87. The van der Waals surface area contributed by atoms with Crippen molar-refractivity contribution in [1.82, 2.24) is 14.6 Å². The molecule has 0 saturated heterocycles. The number of aromatic nitrogens is 3. The van der Waals surface area contributed by atoms with Crippen LogP contribution in [0.1, 0.15) is 11.4 Å². The Morgan fingerprint density at radius 3 is 2.55 bits per heavy atom. The topological polar surface area (TPSA) is 50.5 Å². The van der Waals surface area contributed by atoms with E-state index in [1.165, 1.54) is 15.9 Å². The average molecular weight is 286 g/mol. The predicted molar refractivity (Wildman–Crippen MR) is 81.4 cm³/mol. The molecule has 0 aliphatic heterocycles. The Balaban J connectivity index is 2.07. The van der Waals surface area contributed by atoms with E-state index in [9.17, 15) is 4.79 Å². The molecule has 3 rings (SSSR count). The van der Waals surface area contributed by atoms with Crippen molar-refractivity contribution in [3.05, 3.63) is 50.5 Å². The van der Waals surface area contributed by atoms with Crippen LogP contribution in [0.15, 0.2) is 29.1 Å². The van der Waals surface area contributed by atoms with E-state index in [1.807, 2.05) is 49.3 Å². The number of benzene rings is 1. The molecule has 20 heavy (non-hydrogen) atoms. The number of hydrogen-bond acceptors (Lipinski definition) is 5. The molecule has 2 heterocycles. The van der Waals surface area contributed by atoms with E-state index in [4.69, 9.17) is 0 Å². The van der Waals surface area contributed by atoms with E-state index < -0.39 is 0 Å². The van der Waals surface area contributed by atoms with Gasteiger partial charge in [-0.1, -0.05) is 23.5 Å². The van der Waals surface area contributed by atoms with E-state index in [-0.39, 0.29) is 5.56 Å². The van der Waals surface area contributed by atoms with Gasteiger partial charge in [0.2, 0.25) is 4.96 Å². The van der Waals surface area contributed by atoms with Crippen LogP contribution in [0, 0.1) is 6.92 Å². The van der Waals surface area contributed by atoms with Gasteiger partial charge in [0.25, 0.3) is 5.56 Å². The zero-order valence-corrected chi connectivity index (χ0v) is 12.3. The van der Waals surface area contributed by atoms with Crippen LogP contribution in [0.25, 0.3) is 11.0 Å². The summed E-state index contributed by atoms with van der Waals surface area (Å²) in [5, 5.41) is 4.09. The number of fused-ring (bicyclic) bond motifs is 1. The standard InChI is InChI=1S/C14H14N4OS/c1-9-15-14-18(16-9)13(19)12(20-14)8-10-4-6-11(7-5-10)17(2)3/h4-8H,1-3H3/b12-8-. The molecule has 0 aliphatic carbocycles. The van der Waals surface area contributed by atoms with Gasteiger partial charge in [0, 0.05) is 19.8 Å². The van der Waals surface area contributed by atoms with Crippen LogP contribution < -0.4 is 15.0 Å². The van der Waals surface area contributed by atoms with Gasteiger partial charge >= 0.3 is 0 Å². The summed E-state index contributed by atoms with van der Waals surface area (Å²) in [6, 6.07) is 8.04. The number of anilines is 1. The maximum atomic E-state index is 12.2. The lowest BCUT2D eigenvalue weighted by atomic mass is 10.2. The van der Waals surface area contributed by atoms with Crippen LogP contribution in [-0.4, -0.2) is 28.7 Å². The number of thiazole rings is 1. The maximum absolute atomic E-state index is 12.2. The average Bonchev–Trinajstić information content (AvgIpc) is 2.90. The van der Waals surface area contributed by atoms with Crippen LogP contribution in [0.3, 0.4) is 0 Å². The zero-order valence-electron chi connectivity index (χ0n) is 11.5. The van der Waals surface area contributed by atoms with E-state index in [0.717, 1.165) is 11.3 Å². The number of rotatable bonds is 2. The van der Waals surface area contributed by atoms with Gasteiger partial charge in [-0.25, -0.2) is 4.98 Å². The third-order valence-corrected chi connectivity index (χ3v) is 3.95. The van der Waals surface area contributed by atoms with E-state index in [1.54, 1.807) is 6.92 Å². The lowest BCUT2D eigenvalue weighted by Gasteiger charge is -2.11. The Morgan fingerprint density at radius 2 is 1.95 bits per heavy atom. The summed E-state index contributed by atoms with van der Waals surface area (Å²) in [5.41, 5.74) is 2.01. The molecule has 102 valence electrons. The number of hydrogen-bond donors (Lipinski definition) is 0. The molecular formula is C14H14N4OS. The highest BCUT2D eigenvalue weighted by Crippen LogP contribution is 2.12. The summed E-state index contributed by atoms with van der Waals surface area (Å²) in [6.45, 7) is 1.78. The highest BCUT2D eigenvalue weighted by Gasteiger charge is 2.07. The first-order chi connectivity index (χ1) is 9.54. The summed E-state index contributed by atoms with van der Waals surface area (Å²) < 4.78 is 2.01. The summed E-state index contributed by atoms with van der Waals surface area (Å²) in [7, 11) is 3.99. The Bertz CT molecular complexity index is 861. The molecule has 0 radical (unpaired) electrons. The van der Waals surface area contributed by atoms with Crippen molar-refractivity contribution in [2.24, 2.45) is 0 Å². The lowest BCUT2D eigenvalue weighted by Crippen LogP contribution is -2.23. The molecule has 1 aromatic carbocycles. The molecule has 0 saturated carbocycles. The second-order valence-corrected chi connectivity index (χ2v) is 5.76. The molecule has 0 fully saturated rings. The van der Waals surface area contributed by atoms with E-state index >= 15 is 0 Å². The first-order valence-electron chi connectivity index (χ1n) is 6.20. The van der Waals surface area contributed by atoms with Gasteiger partial charge in [0.05, 0.1) is 4.53 Å². The summed E-state index contributed by atoms with van der Waals surface area (Å²) in [5.74, 6) is 0.621. The molecule has 6 heteroatoms. The Hall–Kier alpha value is -2.21. The van der Waals surface area contributed by atoms with Gasteiger partial charge in [0.15, 0.2) is 0 Å². The van der Waals surface area contributed by atoms with Crippen LogP contribution in [-0.2, 0) is 0 Å². The molecule has 0 bridgehead atoms. The molecule has 2 aromatic heterocycles. The summed E-state index contributed by atoms with van der Waals surface area (Å²) >= 11 is 1.36. The third kappa shape index (κ3) is 2.18. The molecule has 0 N–H and O–H groups in total. The quantitative estimate of drug-likeness (QED) is 0.707. The fraction of sp³-hybridized carbons (Fsp3) is 0.214. The summed E-state index contributed by atoms with van der Waals surface area (Å²) in [4.78, 5) is 19.0. The SMILES string of the molecule is Cc1nc2s/c(=C\c3ccc(N(C)C)cc3)c(=O)n2n1. The Morgan fingerprint density at radius 1 is 1.25 bits per heavy atom. The van der Waals surface area contributed by atoms with Gasteiger partial charge in [-0.3, -0.25) is 4.79 Å².